The summed E-state index contributed by atoms with van der Waals surface area (Å²) in [6.45, 7) is 3.98. The van der Waals surface area contributed by atoms with Crippen LogP contribution in [0.2, 0.25) is 0 Å². The number of allylic oxidation sites excluding steroid dienone is 1. The number of rotatable bonds is 3. The molecule has 0 unspecified atom stereocenters. The second-order valence-electron chi connectivity index (χ2n) is 1.93. The molecule has 0 N–H and O–H groups in total. The van der Waals surface area contributed by atoms with Gasteiger partial charge in [0.25, 0.3) is 0 Å². The molecule has 0 bridgehead atoms. The van der Waals surface area contributed by atoms with E-state index in [1.807, 2.05) is 0 Å². The van der Waals surface area contributed by atoms with Gasteiger partial charge in [0.15, 0.2) is 0 Å². The van der Waals surface area contributed by atoms with Crippen molar-refractivity contribution in [3.63, 3.8) is 0 Å². The van der Waals surface area contributed by atoms with Crippen LogP contribution in [0.15, 0.2) is 11.5 Å². The van der Waals surface area contributed by atoms with Crippen molar-refractivity contribution in [1.82, 2.24) is 4.31 Å². The Bertz CT molecular complexity index is 206. The molecule has 0 fully saturated rings. The third-order valence-electron chi connectivity index (χ3n) is 1.19. The molecular weight excluding hydrogens is 150 g/mol. The molecule has 0 spiro atoms. The minimum atomic E-state index is -3.11. The summed E-state index contributed by atoms with van der Waals surface area (Å²) in [6, 6.07) is 0. The van der Waals surface area contributed by atoms with E-state index in [9.17, 15) is 8.42 Å². The molecule has 0 aliphatic carbocycles. The largest absolute Gasteiger partial charge is 0.235 e. The highest BCUT2D eigenvalue weighted by Gasteiger charge is 2.09. The van der Waals surface area contributed by atoms with Crippen molar-refractivity contribution in [2.45, 2.75) is 13.8 Å². The maximum atomic E-state index is 11.0. The van der Waals surface area contributed by atoms with Gasteiger partial charge in [0.2, 0.25) is 10.0 Å². The summed E-state index contributed by atoms with van der Waals surface area (Å²) in [4.78, 5) is 0. The van der Waals surface area contributed by atoms with Crippen LogP contribution in [0.4, 0.5) is 0 Å². The minimum absolute atomic E-state index is 0.507. The number of nitrogens with zero attached hydrogens (tertiary/aromatic N) is 1. The predicted molar refractivity (Wildman–Crippen MR) is 42.0 cm³/mol. The van der Waals surface area contributed by atoms with E-state index < -0.39 is 10.0 Å². The van der Waals surface area contributed by atoms with Crippen molar-refractivity contribution < 1.29 is 8.42 Å². The average molecular weight is 163 g/mol. The lowest BCUT2D eigenvalue weighted by atomic mass is 10.8. The number of sulfonamides is 1. The molecule has 0 saturated heterocycles. The quantitative estimate of drug-likeness (QED) is 0.617. The Morgan fingerprint density at radius 1 is 1.50 bits per heavy atom. The molecule has 10 heavy (non-hydrogen) atoms. The van der Waals surface area contributed by atoms with Gasteiger partial charge in [-0.25, -0.2) is 12.7 Å². The van der Waals surface area contributed by atoms with Gasteiger partial charge < -0.3 is 0 Å². The van der Waals surface area contributed by atoms with Crippen LogP contribution in [-0.2, 0) is 10.0 Å². The Morgan fingerprint density at radius 2 is 2.00 bits per heavy atom. The number of hydrogen-bond acceptors (Lipinski definition) is 2. The third-order valence-corrected chi connectivity index (χ3v) is 2.93. The van der Waals surface area contributed by atoms with E-state index in [1.165, 1.54) is 15.8 Å². The molecule has 4 heteroatoms. The van der Waals surface area contributed by atoms with Gasteiger partial charge in [-0.3, -0.25) is 0 Å². The molecule has 0 aromatic carbocycles. The molecule has 60 valence electrons. The van der Waals surface area contributed by atoms with Crippen molar-refractivity contribution in [3.8, 4) is 0 Å². The molecule has 0 aromatic rings. The summed E-state index contributed by atoms with van der Waals surface area (Å²) in [5, 5.41) is 1.19. The van der Waals surface area contributed by atoms with Gasteiger partial charge in [0.05, 0.1) is 0 Å². The summed E-state index contributed by atoms with van der Waals surface area (Å²) >= 11 is 0. The second kappa shape index (κ2) is 3.73. The fraction of sp³-hybridized carbons (Fsp3) is 0.667. The third kappa shape index (κ3) is 2.49. The van der Waals surface area contributed by atoms with E-state index in [2.05, 4.69) is 0 Å². The fourth-order valence-corrected chi connectivity index (χ4v) is 1.37. The van der Waals surface area contributed by atoms with E-state index in [4.69, 9.17) is 0 Å². The molecule has 0 amide bonds. The van der Waals surface area contributed by atoms with Crippen molar-refractivity contribution in [1.29, 1.82) is 0 Å². The van der Waals surface area contributed by atoms with Crippen molar-refractivity contribution in [2.24, 2.45) is 0 Å². The summed E-state index contributed by atoms with van der Waals surface area (Å²) in [5.74, 6) is 0. The first-order valence-corrected chi connectivity index (χ1v) is 4.64. The van der Waals surface area contributed by atoms with Crippen molar-refractivity contribution in [3.05, 3.63) is 11.5 Å². The van der Waals surface area contributed by atoms with Crippen LogP contribution in [0, 0.1) is 0 Å². The zero-order valence-electron chi connectivity index (χ0n) is 6.53. The highest BCUT2D eigenvalue weighted by Crippen LogP contribution is 1.97. The molecular formula is C6H13NO2S. The van der Waals surface area contributed by atoms with Gasteiger partial charge in [0, 0.05) is 19.0 Å². The topological polar surface area (TPSA) is 37.4 Å². The summed E-state index contributed by atoms with van der Waals surface area (Å²) in [5.41, 5.74) is 0. The molecule has 0 radical (unpaired) electrons. The summed E-state index contributed by atoms with van der Waals surface area (Å²) < 4.78 is 23.3. The van der Waals surface area contributed by atoms with Crippen LogP contribution in [-0.4, -0.2) is 26.3 Å². The normalized spacial score (nSPS) is 13.2. The molecule has 0 rings (SSSR count). The lowest BCUT2D eigenvalue weighted by molar-refractivity contribution is 0.495. The molecule has 0 aromatic heterocycles. The van der Waals surface area contributed by atoms with Gasteiger partial charge in [-0.2, -0.15) is 0 Å². The highest BCUT2D eigenvalue weighted by atomic mass is 32.2. The maximum Gasteiger partial charge on any atom is 0.235 e. The zero-order chi connectivity index (χ0) is 8.20. The van der Waals surface area contributed by atoms with Gasteiger partial charge in [-0.05, 0) is 6.92 Å². The van der Waals surface area contributed by atoms with Crippen LogP contribution < -0.4 is 0 Å². The van der Waals surface area contributed by atoms with Gasteiger partial charge in [-0.1, -0.05) is 13.0 Å². The van der Waals surface area contributed by atoms with Gasteiger partial charge in [0.1, 0.15) is 0 Å². The van der Waals surface area contributed by atoms with Crippen LogP contribution in [0.25, 0.3) is 0 Å². The van der Waals surface area contributed by atoms with E-state index in [-0.39, 0.29) is 0 Å². The van der Waals surface area contributed by atoms with Crippen LogP contribution in [0.5, 0.6) is 0 Å². The van der Waals surface area contributed by atoms with Crippen molar-refractivity contribution >= 4 is 10.0 Å². The fourth-order valence-electron chi connectivity index (χ4n) is 0.456. The van der Waals surface area contributed by atoms with Crippen LogP contribution >= 0.6 is 0 Å². The predicted octanol–water partition coefficient (Wildman–Crippen LogP) is 0.801. The average Bonchev–Trinajstić information content (AvgIpc) is 1.86. The monoisotopic (exact) mass is 163 g/mol. The van der Waals surface area contributed by atoms with Gasteiger partial charge >= 0.3 is 0 Å². The highest BCUT2D eigenvalue weighted by molar-refractivity contribution is 7.92. The zero-order valence-corrected chi connectivity index (χ0v) is 7.35. The Balaban J connectivity index is 4.42. The van der Waals surface area contributed by atoms with Crippen molar-refractivity contribution in [2.75, 3.05) is 13.6 Å². The molecule has 0 heterocycles. The smallest absolute Gasteiger partial charge is 0.208 e. The Morgan fingerprint density at radius 3 is 2.30 bits per heavy atom. The SMILES string of the molecule is C/C=C/S(=O)(=O)N(C)CC. The van der Waals surface area contributed by atoms with Crippen LogP contribution in [0.3, 0.4) is 0 Å². The molecule has 0 saturated carbocycles. The maximum absolute atomic E-state index is 11.0. The first-order chi connectivity index (χ1) is 4.54. The summed E-state index contributed by atoms with van der Waals surface area (Å²) in [6.07, 6.45) is 1.52. The van der Waals surface area contributed by atoms with E-state index in [0.29, 0.717) is 6.54 Å². The first kappa shape index (κ1) is 9.65. The first-order valence-electron chi connectivity index (χ1n) is 3.13. The summed E-state index contributed by atoms with van der Waals surface area (Å²) in [7, 11) is -1.56. The lowest BCUT2D eigenvalue weighted by Crippen LogP contribution is -2.24. The standard InChI is InChI=1S/C6H13NO2S/c1-4-6-10(8,9)7(3)5-2/h4,6H,5H2,1-3H3/b6-4+. The molecule has 3 nitrogen and oxygen atoms in total. The van der Waals surface area contributed by atoms with Crippen LogP contribution in [0.1, 0.15) is 13.8 Å². The molecule has 0 aliphatic rings. The Hall–Kier alpha value is -0.350. The Kier molecular flexibility index (Phi) is 3.60. The second-order valence-corrected chi connectivity index (χ2v) is 3.85. The van der Waals surface area contributed by atoms with E-state index in [0.717, 1.165) is 0 Å². The Labute approximate surface area is 62.4 Å². The number of hydrogen-bond donors (Lipinski definition) is 0. The minimum Gasteiger partial charge on any atom is -0.208 e. The lowest BCUT2D eigenvalue weighted by Gasteiger charge is -2.10. The molecule has 0 aliphatic heterocycles. The van der Waals surface area contributed by atoms with Gasteiger partial charge in [-0.15, -0.1) is 0 Å². The molecule has 0 atom stereocenters. The van der Waals surface area contributed by atoms with E-state index in [1.54, 1.807) is 20.9 Å². The van der Waals surface area contributed by atoms with E-state index >= 15 is 0 Å².